The van der Waals surface area contributed by atoms with Gasteiger partial charge in [0.1, 0.15) is 0 Å². The highest BCUT2D eigenvalue weighted by Gasteiger charge is 2.34. The predicted molar refractivity (Wildman–Crippen MR) is 68.7 cm³/mol. The summed E-state index contributed by atoms with van der Waals surface area (Å²) in [5.74, 6) is 2.07. The Kier molecular flexibility index (Phi) is 4.22. The molecule has 0 amide bonds. The van der Waals surface area contributed by atoms with Crippen molar-refractivity contribution in [2.75, 3.05) is 11.5 Å². The van der Waals surface area contributed by atoms with Gasteiger partial charge in [0, 0.05) is 17.8 Å². The maximum absolute atomic E-state index is 12.9. The maximum atomic E-state index is 12.9. The SMILES string of the molecule is CC(NC1CCSC1)c1ccccc1C(F)(F)F. The van der Waals surface area contributed by atoms with Gasteiger partial charge in [0.2, 0.25) is 0 Å². The molecule has 18 heavy (non-hydrogen) atoms. The van der Waals surface area contributed by atoms with Crippen molar-refractivity contribution < 1.29 is 13.2 Å². The molecule has 5 heteroatoms. The van der Waals surface area contributed by atoms with Crippen LogP contribution >= 0.6 is 11.8 Å². The quantitative estimate of drug-likeness (QED) is 0.899. The van der Waals surface area contributed by atoms with Crippen molar-refractivity contribution in [3.05, 3.63) is 35.4 Å². The van der Waals surface area contributed by atoms with Gasteiger partial charge in [0.25, 0.3) is 0 Å². The van der Waals surface area contributed by atoms with Crippen LogP contribution in [0.2, 0.25) is 0 Å². The molecule has 0 aliphatic carbocycles. The third-order valence-electron chi connectivity index (χ3n) is 3.15. The van der Waals surface area contributed by atoms with Crippen LogP contribution in [0.4, 0.5) is 13.2 Å². The van der Waals surface area contributed by atoms with E-state index in [-0.39, 0.29) is 6.04 Å². The summed E-state index contributed by atoms with van der Waals surface area (Å²) in [6.07, 6.45) is -3.25. The van der Waals surface area contributed by atoms with Crippen molar-refractivity contribution >= 4 is 11.8 Å². The van der Waals surface area contributed by atoms with E-state index in [0.29, 0.717) is 11.6 Å². The minimum atomic E-state index is -4.28. The lowest BCUT2D eigenvalue weighted by Gasteiger charge is -2.22. The Balaban J connectivity index is 2.16. The fourth-order valence-corrected chi connectivity index (χ4v) is 3.41. The average Bonchev–Trinajstić information content (AvgIpc) is 2.80. The normalized spacial score (nSPS) is 22.1. The molecule has 1 heterocycles. The van der Waals surface area contributed by atoms with E-state index in [4.69, 9.17) is 0 Å². The van der Waals surface area contributed by atoms with Gasteiger partial charge in [-0.1, -0.05) is 18.2 Å². The van der Waals surface area contributed by atoms with Crippen LogP contribution in [0, 0.1) is 0 Å². The average molecular weight is 275 g/mol. The lowest BCUT2D eigenvalue weighted by atomic mass is 10.00. The summed E-state index contributed by atoms with van der Waals surface area (Å²) < 4.78 is 38.7. The van der Waals surface area contributed by atoms with Gasteiger partial charge in [-0.05, 0) is 30.7 Å². The summed E-state index contributed by atoms with van der Waals surface area (Å²) in [5, 5.41) is 3.29. The zero-order valence-corrected chi connectivity index (χ0v) is 10.9. The molecule has 100 valence electrons. The summed E-state index contributed by atoms with van der Waals surface area (Å²) in [5.41, 5.74) is -0.197. The first-order valence-corrected chi connectivity index (χ1v) is 7.14. The fraction of sp³-hybridized carbons (Fsp3) is 0.538. The minimum Gasteiger partial charge on any atom is -0.307 e. The molecule has 1 aliphatic rings. The largest absolute Gasteiger partial charge is 0.416 e. The number of rotatable bonds is 3. The molecule has 2 atom stereocenters. The smallest absolute Gasteiger partial charge is 0.307 e. The van der Waals surface area contributed by atoms with E-state index in [9.17, 15) is 13.2 Å². The standard InChI is InChI=1S/C13H16F3NS/c1-9(17-10-6-7-18-8-10)11-4-2-3-5-12(11)13(14,15)16/h2-5,9-10,17H,6-8H2,1H3. The summed E-state index contributed by atoms with van der Waals surface area (Å²) in [4.78, 5) is 0. The second-order valence-corrected chi connectivity index (χ2v) is 5.68. The van der Waals surface area contributed by atoms with E-state index in [1.807, 2.05) is 11.8 Å². The Morgan fingerprint density at radius 2 is 2.06 bits per heavy atom. The van der Waals surface area contributed by atoms with Gasteiger partial charge in [-0.3, -0.25) is 0 Å². The van der Waals surface area contributed by atoms with Crippen LogP contribution in [0.25, 0.3) is 0 Å². The van der Waals surface area contributed by atoms with E-state index in [1.54, 1.807) is 19.1 Å². The molecule has 1 fully saturated rings. The van der Waals surface area contributed by atoms with Gasteiger partial charge in [0.05, 0.1) is 5.56 Å². The lowest BCUT2D eigenvalue weighted by molar-refractivity contribution is -0.138. The van der Waals surface area contributed by atoms with Crippen molar-refractivity contribution in [3.8, 4) is 0 Å². The molecule has 2 unspecified atom stereocenters. The molecule has 1 N–H and O–H groups in total. The number of hydrogen-bond acceptors (Lipinski definition) is 2. The number of hydrogen-bond donors (Lipinski definition) is 1. The highest BCUT2D eigenvalue weighted by molar-refractivity contribution is 7.99. The summed E-state index contributed by atoms with van der Waals surface area (Å²) in [7, 11) is 0. The Morgan fingerprint density at radius 1 is 1.33 bits per heavy atom. The number of benzene rings is 1. The van der Waals surface area contributed by atoms with E-state index < -0.39 is 11.7 Å². The first-order chi connectivity index (χ1) is 8.48. The van der Waals surface area contributed by atoms with Gasteiger partial charge in [-0.15, -0.1) is 0 Å². The molecule has 0 bridgehead atoms. The van der Waals surface area contributed by atoms with Crippen LogP contribution in [-0.4, -0.2) is 17.5 Å². The number of alkyl halides is 3. The Labute approximate surface area is 109 Å². The summed E-state index contributed by atoms with van der Waals surface area (Å²) in [6, 6.07) is 5.86. The highest BCUT2D eigenvalue weighted by atomic mass is 32.2. The predicted octanol–water partition coefficient (Wildman–Crippen LogP) is 3.86. The molecular formula is C13H16F3NS. The molecular weight excluding hydrogens is 259 g/mol. The molecule has 0 spiro atoms. The summed E-state index contributed by atoms with van der Waals surface area (Å²) in [6.45, 7) is 1.80. The zero-order chi connectivity index (χ0) is 13.2. The summed E-state index contributed by atoms with van der Waals surface area (Å²) >= 11 is 1.84. The first-order valence-electron chi connectivity index (χ1n) is 5.98. The van der Waals surface area contributed by atoms with E-state index in [1.165, 1.54) is 6.07 Å². The van der Waals surface area contributed by atoms with E-state index in [0.717, 1.165) is 24.0 Å². The van der Waals surface area contributed by atoms with E-state index >= 15 is 0 Å². The molecule has 1 saturated heterocycles. The van der Waals surface area contributed by atoms with Crippen molar-refractivity contribution in [1.82, 2.24) is 5.32 Å². The van der Waals surface area contributed by atoms with Gasteiger partial charge in [-0.2, -0.15) is 24.9 Å². The van der Waals surface area contributed by atoms with Crippen LogP contribution in [0.15, 0.2) is 24.3 Å². The fourth-order valence-electron chi connectivity index (χ4n) is 2.24. The topological polar surface area (TPSA) is 12.0 Å². The molecule has 2 rings (SSSR count). The molecule has 0 saturated carbocycles. The van der Waals surface area contributed by atoms with Crippen LogP contribution in [0.1, 0.15) is 30.5 Å². The monoisotopic (exact) mass is 275 g/mol. The number of halogens is 3. The number of thioether (sulfide) groups is 1. The highest BCUT2D eigenvalue weighted by Crippen LogP contribution is 2.34. The Morgan fingerprint density at radius 3 is 2.67 bits per heavy atom. The molecule has 1 aromatic carbocycles. The van der Waals surface area contributed by atoms with Crippen molar-refractivity contribution in [2.24, 2.45) is 0 Å². The van der Waals surface area contributed by atoms with Crippen LogP contribution in [-0.2, 0) is 6.18 Å². The third kappa shape index (κ3) is 3.20. The molecule has 1 aliphatic heterocycles. The second-order valence-electron chi connectivity index (χ2n) is 4.53. The second kappa shape index (κ2) is 5.53. The van der Waals surface area contributed by atoms with Crippen LogP contribution in [0.3, 0.4) is 0 Å². The zero-order valence-electron chi connectivity index (χ0n) is 10.1. The van der Waals surface area contributed by atoms with Gasteiger partial charge >= 0.3 is 6.18 Å². The van der Waals surface area contributed by atoms with E-state index in [2.05, 4.69) is 5.32 Å². The van der Waals surface area contributed by atoms with Gasteiger partial charge in [-0.25, -0.2) is 0 Å². The Hall–Kier alpha value is -0.680. The molecule has 1 aromatic rings. The van der Waals surface area contributed by atoms with Crippen LogP contribution in [0.5, 0.6) is 0 Å². The molecule has 0 aromatic heterocycles. The third-order valence-corrected chi connectivity index (χ3v) is 4.31. The molecule has 0 radical (unpaired) electrons. The number of nitrogens with one attached hydrogen (secondary N) is 1. The van der Waals surface area contributed by atoms with Crippen molar-refractivity contribution in [2.45, 2.75) is 31.6 Å². The van der Waals surface area contributed by atoms with Gasteiger partial charge in [0.15, 0.2) is 0 Å². The first kappa shape index (κ1) is 13.7. The molecule has 1 nitrogen and oxygen atoms in total. The van der Waals surface area contributed by atoms with Crippen molar-refractivity contribution in [3.63, 3.8) is 0 Å². The van der Waals surface area contributed by atoms with Crippen molar-refractivity contribution in [1.29, 1.82) is 0 Å². The Bertz CT molecular complexity index is 399. The minimum absolute atomic E-state index is 0.272. The van der Waals surface area contributed by atoms with Gasteiger partial charge < -0.3 is 5.32 Å². The lowest BCUT2D eigenvalue weighted by Crippen LogP contribution is -2.32. The van der Waals surface area contributed by atoms with Crippen LogP contribution < -0.4 is 5.32 Å². The maximum Gasteiger partial charge on any atom is 0.416 e.